The summed E-state index contributed by atoms with van der Waals surface area (Å²) in [7, 11) is 1.39. The first kappa shape index (κ1) is 23.0. The maximum Gasteiger partial charge on any atom is 0.264 e. The minimum atomic E-state index is -0.599. The molecule has 3 aromatic heterocycles. The third-order valence-electron chi connectivity index (χ3n) is 6.74. The first-order valence-corrected chi connectivity index (χ1v) is 12.0. The third-order valence-corrected chi connectivity index (χ3v) is 6.74. The average molecular weight is 504 g/mol. The van der Waals surface area contributed by atoms with Gasteiger partial charge in [0.25, 0.3) is 5.56 Å². The Balaban J connectivity index is 1.62. The van der Waals surface area contributed by atoms with E-state index < -0.39 is 23.2 Å². The van der Waals surface area contributed by atoms with E-state index in [-0.39, 0.29) is 28.5 Å². The predicted molar refractivity (Wildman–Crippen MR) is 134 cm³/mol. The van der Waals surface area contributed by atoms with Gasteiger partial charge in [-0.1, -0.05) is 13.0 Å². The van der Waals surface area contributed by atoms with Crippen molar-refractivity contribution in [2.24, 2.45) is 0 Å². The van der Waals surface area contributed by atoms with Crippen LogP contribution in [0.4, 0.5) is 14.6 Å². The molecule has 6 rings (SSSR count). The van der Waals surface area contributed by atoms with Crippen LogP contribution < -0.4 is 16.0 Å². The van der Waals surface area contributed by atoms with Gasteiger partial charge in [0.15, 0.2) is 17.2 Å². The van der Waals surface area contributed by atoms with Crippen molar-refractivity contribution in [1.82, 2.24) is 29.3 Å². The van der Waals surface area contributed by atoms with E-state index >= 15 is 0 Å². The lowest BCUT2D eigenvalue weighted by molar-refractivity contribution is 0.386. The van der Waals surface area contributed by atoms with Crippen molar-refractivity contribution in [3.8, 4) is 17.0 Å². The number of benzene rings is 2. The van der Waals surface area contributed by atoms with E-state index in [0.29, 0.717) is 34.5 Å². The van der Waals surface area contributed by atoms with E-state index in [0.717, 1.165) is 12.8 Å². The maximum absolute atomic E-state index is 14.6. The van der Waals surface area contributed by atoms with Crippen LogP contribution in [0.15, 0.2) is 47.5 Å². The highest BCUT2D eigenvalue weighted by molar-refractivity contribution is 5.98. The molecule has 37 heavy (non-hydrogen) atoms. The molecule has 1 aliphatic rings. The van der Waals surface area contributed by atoms with Crippen LogP contribution >= 0.6 is 0 Å². The number of nitrogen functional groups attached to an aromatic ring is 1. The lowest BCUT2D eigenvalue weighted by atomic mass is 10.1. The minimum Gasteiger partial charge on any atom is -0.494 e. The Morgan fingerprint density at radius 1 is 1.14 bits per heavy atom. The molecule has 0 radical (unpaired) electrons. The second-order valence-electron chi connectivity index (χ2n) is 9.03. The van der Waals surface area contributed by atoms with Crippen molar-refractivity contribution < 1.29 is 13.5 Å². The molecule has 0 spiro atoms. The molecule has 11 heteroatoms. The quantitative estimate of drug-likeness (QED) is 0.365. The molecule has 1 saturated carbocycles. The number of anilines is 1. The van der Waals surface area contributed by atoms with Crippen molar-refractivity contribution in [3.63, 3.8) is 0 Å². The zero-order valence-electron chi connectivity index (χ0n) is 20.2. The summed E-state index contributed by atoms with van der Waals surface area (Å²) >= 11 is 0. The Kier molecular flexibility index (Phi) is 5.36. The largest absolute Gasteiger partial charge is 0.494 e. The van der Waals surface area contributed by atoms with Gasteiger partial charge in [-0.2, -0.15) is 5.10 Å². The second kappa shape index (κ2) is 8.61. The van der Waals surface area contributed by atoms with E-state index in [1.54, 1.807) is 21.4 Å². The summed E-state index contributed by atoms with van der Waals surface area (Å²) in [5, 5.41) is 5.24. The minimum absolute atomic E-state index is 0.0284. The van der Waals surface area contributed by atoms with Crippen LogP contribution in [0.2, 0.25) is 0 Å². The molecule has 0 bridgehead atoms. The van der Waals surface area contributed by atoms with E-state index in [1.807, 2.05) is 6.92 Å². The molecular formula is C26H23F2N7O2. The Hall–Kier alpha value is -4.41. The Morgan fingerprint density at radius 3 is 2.65 bits per heavy atom. The molecule has 3 heterocycles. The zero-order valence-corrected chi connectivity index (χ0v) is 20.2. The summed E-state index contributed by atoms with van der Waals surface area (Å²) in [6, 6.07) is 8.33. The van der Waals surface area contributed by atoms with Gasteiger partial charge in [0.2, 0.25) is 0 Å². The number of aromatic nitrogens is 6. The van der Waals surface area contributed by atoms with Crippen LogP contribution in [0.25, 0.3) is 33.2 Å². The molecule has 0 unspecified atom stereocenters. The van der Waals surface area contributed by atoms with E-state index in [9.17, 15) is 13.6 Å². The third kappa shape index (κ3) is 3.61. The molecule has 0 aliphatic heterocycles. The zero-order chi connectivity index (χ0) is 25.8. The average Bonchev–Trinajstić information content (AvgIpc) is 3.65. The van der Waals surface area contributed by atoms with Gasteiger partial charge in [-0.3, -0.25) is 9.36 Å². The number of hydrogen-bond donors (Lipinski definition) is 1. The van der Waals surface area contributed by atoms with Gasteiger partial charge in [-0.25, -0.2) is 28.4 Å². The van der Waals surface area contributed by atoms with Gasteiger partial charge in [-0.05, 0) is 49.6 Å². The van der Waals surface area contributed by atoms with Gasteiger partial charge >= 0.3 is 0 Å². The fraction of sp³-hybridized carbons (Fsp3) is 0.269. The monoisotopic (exact) mass is 503 g/mol. The molecule has 5 aromatic rings. The van der Waals surface area contributed by atoms with E-state index in [4.69, 9.17) is 20.6 Å². The lowest BCUT2D eigenvalue weighted by Gasteiger charge is -2.21. The molecule has 0 saturated heterocycles. The Morgan fingerprint density at radius 2 is 1.95 bits per heavy atom. The van der Waals surface area contributed by atoms with Gasteiger partial charge in [0.05, 0.1) is 18.0 Å². The van der Waals surface area contributed by atoms with Gasteiger partial charge in [-0.15, -0.1) is 0 Å². The van der Waals surface area contributed by atoms with Crippen LogP contribution in [0.5, 0.6) is 5.75 Å². The fourth-order valence-corrected chi connectivity index (χ4v) is 4.83. The van der Waals surface area contributed by atoms with Crippen molar-refractivity contribution in [3.05, 3.63) is 70.5 Å². The summed E-state index contributed by atoms with van der Waals surface area (Å²) in [5.74, 6) is -0.402. The highest BCUT2D eigenvalue weighted by atomic mass is 19.1. The second-order valence-corrected chi connectivity index (χ2v) is 9.03. The molecule has 2 aromatic carbocycles. The van der Waals surface area contributed by atoms with Crippen molar-refractivity contribution in [1.29, 1.82) is 0 Å². The topological polar surface area (TPSA) is 114 Å². The number of halogens is 2. The smallest absolute Gasteiger partial charge is 0.264 e. The maximum atomic E-state index is 14.6. The molecule has 0 amide bonds. The Bertz CT molecular complexity index is 1740. The number of nitrogens with zero attached hydrogens (tertiary/aromatic N) is 6. The van der Waals surface area contributed by atoms with Crippen LogP contribution in [-0.4, -0.2) is 36.4 Å². The summed E-state index contributed by atoms with van der Waals surface area (Å²) in [6.07, 6.45) is 3.43. The normalized spacial score (nSPS) is 14.4. The lowest BCUT2D eigenvalue weighted by Crippen LogP contribution is -2.29. The molecule has 188 valence electrons. The number of rotatable bonds is 6. The SMILES string of the molecule is CC[C@@H](c1nc2cccc(F)c2c(=O)n1C1CC1)n1nc(-c2ccc(OC)c(F)c2)c2c(N)ncnc21. The first-order chi connectivity index (χ1) is 17.9. The fourth-order valence-electron chi connectivity index (χ4n) is 4.83. The molecular weight excluding hydrogens is 480 g/mol. The molecule has 1 aliphatic carbocycles. The number of hydrogen-bond acceptors (Lipinski definition) is 7. The number of ether oxygens (including phenoxy) is 1. The van der Waals surface area contributed by atoms with Crippen molar-refractivity contribution >= 4 is 27.8 Å². The van der Waals surface area contributed by atoms with Gasteiger partial charge < -0.3 is 10.5 Å². The van der Waals surface area contributed by atoms with Crippen LogP contribution in [-0.2, 0) is 0 Å². The number of fused-ring (bicyclic) bond motifs is 2. The summed E-state index contributed by atoms with van der Waals surface area (Å²) < 4.78 is 37.5. The van der Waals surface area contributed by atoms with E-state index in [2.05, 4.69) is 9.97 Å². The van der Waals surface area contributed by atoms with E-state index in [1.165, 1.54) is 37.7 Å². The number of methoxy groups -OCH3 is 1. The van der Waals surface area contributed by atoms with Gasteiger partial charge in [0, 0.05) is 11.6 Å². The Labute approximate surface area is 209 Å². The standard InChI is InChI=1S/C26H23F2N7O2/c1-3-18(24-32-17-6-4-5-15(27)20(17)26(36)34(24)14-8-9-14)35-25-21(23(29)30-12-31-25)22(33-35)13-7-10-19(37-2)16(28)11-13/h4-7,10-12,14,18H,3,8-9H2,1-2H3,(H2,29,30,31)/t18-/m0/s1. The first-order valence-electron chi connectivity index (χ1n) is 12.0. The van der Waals surface area contributed by atoms with Gasteiger partial charge in [0.1, 0.15) is 40.9 Å². The molecule has 1 fully saturated rings. The van der Waals surface area contributed by atoms with Crippen molar-refractivity contribution in [2.45, 2.75) is 38.3 Å². The van der Waals surface area contributed by atoms with Crippen LogP contribution in [0.3, 0.4) is 0 Å². The number of nitrogens with two attached hydrogens (primary N) is 1. The summed E-state index contributed by atoms with van der Waals surface area (Å²) in [5.41, 5.74) is 7.38. The summed E-state index contributed by atoms with van der Waals surface area (Å²) in [4.78, 5) is 26.8. The summed E-state index contributed by atoms with van der Waals surface area (Å²) in [6.45, 7) is 1.94. The highest BCUT2D eigenvalue weighted by Crippen LogP contribution is 2.39. The van der Waals surface area contributed by atoms with Crippen LogP contribution in [0.1, 0.15) is 44.1 Å². The van der Waals surface area contributed by atoms with Crippen molar-refractivity contribution in [2.75, 3.05) is 12.8 Å². The molecule has 2 N–H and O–H groups in total. The molecule has 9 nitrogen and oxygen atoms in total. The molecule has 1 atom stereocenters. The predicted octanol–water partition coefficient (Wildman–Crippen LogP) is 4.41. The highest BCUT2D eigenvalue weighted by Gasteiger charge is 2.33. The van der Waals surface area contributed by atoms with Crippen LogP contribution in [0, 0.1) is 11.6 Å².